The van der Waals surface area contributed by atoms with Gasteiger partial charge in [0.25, 0.3) is 0 Å². The average Bonchev–Trinajstić information content (AvgIpc) is 2.89. The largest absolute Gasteiger partial charge is 0.507 e. The van der Waals surface area contributed by atoms with E-state index >= 15 is 0 Å². The molecule has 0 unspecified atom stereocenters. The summed E-state index contributed by atoms with van der Waals surface area (Å²) in [7, 11) is 1.61. The van der Waals surface area contributed by atoms with Crippen LogP contribution in [0.1, 0.15) is 83.1 Å². The summed E-state index contributed by atoms with van der Waals surface area (Å²) >= 11 is 0. The molecule has 1 fully saturated rings. The number of phenolic OH excluding ortho intramolecular Hbond substituents is 2. The zero-order chi connectivity index (χ0) is 30.1. The molecule has 4 atom stereocenters. The molecule has 0 aromatic heterocycles. The molecule has 2 aliphatic rings. The lowest BCUT2D eigenvalue weighted by Crippen LogP contribution is -2.63. The summed E-state index contributed by atoms with van der Waals surface area (Å²) < 4.78 is 12.2. The summed E-state index contributed by atoms with van der Waals surface area (Å²) in [6, 6.07) is 7.28. The van der Waals surface area contributed by atoms with Crippen molar-refractivity contribution < 1.29 is 29.9 Å². The number of aromatic hydroxyl groups is 2. The van der Waals surface area contributed by atoms with Crippen molar-refractivity contribution in [1.82, 2.24) is 0 Å². The monoisotopic (exact) mass is 562 g/mol. The van der Waals surface area contributed by atoms with Gasteiger partial charge in [0.05, 0.1) is 19.3 Å². The van der Waals surface area contributed by atoms with Gasteiger partial charge in [-0.2, -0.15) is 0 Å². The molecule has 2 aromatic rings. The minimum atomic E-state index is -0.854. The first-order valence-corrected chi connectivity index (χ1v) is 14.5. The van der Waals surface area contributed by atoms with Crippen LogP contribution in [0.5, 0.6) is 23.0 Å². The van der Waals surface area contributed by atoms with Crippen molar-refractivity contribution in [3.8, 4) is 23.0 Å². The third kappa shape index (κ3) is 6.49. The van der Waals surface area contributed by atoms with E-state index in [9.17, 15) is 20.4 Å². The number of aliphatic hydroxyl groups excluding tert-OH is 2. The Bertz CT molecular complexity index is 1340. The van der Waals surface area contributed by atoms with Crippen LogP contribution in [-0.4, -0.2) is 45.3 Å². The number of hydrogen-bond acceptors (Lipinski definition) is 6. The normalized spacial score (nSPS) is 25.3. The van der Waals surface area contributed by atoms with E-state index in [0.29, 0.717) is 41.9 Å². The maximum absolute atomic E-state index is 10.8. The van der Waals surface area contributed by atoms with E-state index in [-0.39, 0.29) is 17.4 Å². The van der Waals surface area contributed by atoms with Gasteiger partial charge in [0.15, 0.2) is 11.5 Å². The number of phenols is 2. The van der Waals surface area contributed by atoms with Crippen molar-refractivity contribution in [2.45, 2.75) is 91.5 Å². The van der Waals surface area contributed by atoms with Crippen LogP contribution in [0.25, 0.3) is 12.2 Å². The van der Waals surface area contributed by atoms with Crippen LogP contribution in [0.4, 0.5) is 0 Å². The lowest BCUT2D eigenvalue weighted by Gasteiger charge is -2.56. The Morgan fingerprint density at radius 3 is 2.22 bits per heavy atom. The Balaban J connectivity index is 1.56. The number of fused-ring (bicyclic) bond motifs is 2. The number of rotatable bonds is 8. The van der Waals surface area contributed by atoms with Gasteiger partial charge in [0.2, 0.25) is 0 Å². The van der Waals surface area contributed by atoms with Crippen molar-refractivity contribution in [2.75, 3.05) is 7.11 Å². The van der Waals surface area contributed by atoms with Gasteiger partial charge in [-0.3, -0.25) is 0 Å². The average molecular weight is 563 g/mol. The van der Waals surface area contributed by atoms with Gasteiger partial charge < -0.3 is 29.9 Å². The van der Waals surface area contributed by atoms with Crippen LogP contribution < -0.4 is 9.47 Å². The lowest BCUT2D eigenvalue weighted by molar-refractivity contribution is -0.187. The summed E-state index contributed by atoms with van der Waals surface area (Å²) in [6.45, 7) is 12.2. The van der Waals surface area contributed by atoms with Gasteiger partial charge in [-0.1, -0.05) is 49.3 Å². The maximum atomic E-state index is 10.8. The Morgan fingerprint density at radius 1 is 0.976 bits per heavy atom. The summed E-state index contributed by atoms with van der Waals surface area (Å²) in [4.78, 5) is 0. The van der Waals surface area contributed by atoms with Crippen molar-refractivity contribution in [2.24, 2.45) is 11.3 Å². The van der Waals surface area contributed by atoms with Crippen LogP contribution >= 0.6 is 0 Å². The number of ether oxygens (including phenoxy) is 2. The number of allylic oxidation sites excluding steroid dienone is 4. The smallest absolute Gasteiger partial charge is 0.165 e. The SMILES string of the molecule is COc1cc(/C=C/c2cc(O)c(C/C=C(\C)CCC=C(C)C)c(O)c2)cc2c1O[C@]1(C)C[C@@H](O)[C@@H](O)C(C)(C)[C@H]1C2. The third-order valence-corrected chi connectivity index (χ3v) is 8.95. The molecule has 0 spiro atoms. The van der Waals surface area contributed by atoms with E-state index in [0.717, 1.165) is 24.0 Å². The second-order valence-corrected chi connectivity index (χ2v) is 12.9. The molecule has 0 bridgehead atoms. The van der Waals surface area contributed by atoms with Crippen molar-refractivity contribution in [3.63, 3.8) is 0 Å². The highest BCUT2D eigenvalue weighted by Gasteiger charge is 2.58. The van der Waals surface area contributed by atoms with Crippen molar-refractivity contribution >= 4 is 12.2 Å². The fourth-order valence-electron chi connectivity index (χ4n) is 6.53. The highest BCUT2D eigenvalue weighted by atomic mass is 16.5. The van der Waals surface area contributed by atoms with Gasteiger partial charge in [0.1, 0.15) is 17.1 Å². The first kappa shape index (κ1) is 30.7. The summed E-state index contributed by atoms with van der Waals surface area (Å²) in [5.74, 6) is 1.40. The zero-order valence-corrected chi connectivity index (χ0v) is 25.5. The minimum absolute atomic E-state index is 0.00353. The van der Waals surface area contributed by atoms with Crippen molar-refractivity contribution in [1.29, 1.82) is 0 Å². The second-order valence-electron chi connectivity index (χ2n) is 12.9. The Morgan fingerprint density at radius 2 is 1.61 bits per heavy atom. The van der Waals surface area contributed by atoms with Crippen LogP contribution in [0.3, 0.4) is 0 Å². The quantitative estimate of drug-likeness (QED) is 0.205. The van der Waals surface area contributed by atoms with Crippen LogP contribution in [-0.2, 0) is 12.8 Å². The first-order chi connectivity index (χ1) is 19.2. The first-order valence-electron chi connectivity index (χ1n) is 14.5. The molecule has 1 saturated carbocycles. The molecule has 6 heteroatoms. The Hall–Kier alpha value is -3.22. The fourth-order valence-corrected chi connectivity index (χ4v) is 6.53. The molecule has 41 heavy (non-hydrogen) atoms. The van der Waals surface area contributed by atoms with Gasteiger partial charge in [-0.15, -0.1) is 0 Å². The van der Waals surface area contributed by atoms with E-state index in [2.05, 4.69) is 39.0 Å². The summed E-state index contributed by atoms with van der Waals surface area (Å²) in [5, 5.41) is 42.7. The number of hydrogen-bond donors (Lipinski definition) is 4. The molecule has 2 aromatic carbocycles. The maximum Gasteiger partial charge on any atom is 0.165 e. The number of methoxy groups -OCH3 is 1. The molecule has 1 heterocycles. The molecule has 0 saturated heterocycles. The predicted molar refractivity (Wildman–Crippen MR) is 164 cm³/mol. The molecule has 0 amide bonds. The molecule has 0 radical (unpaired) electrons. The summed E-state index contributed by atoms with van der Waals surface area (Å²) in [5.41, 5.74) is 4.42. The zero-order valence-electron chi connectivity index (χ0n) is 25.5. The van der Waals surface area contributed by atoms with E-state index in [1.165, 1.54) is 11.1 Å². The molecule has 1 aliphatic heterocycles. The molecular formula is C35H46O6. The standard InChI is InChI=1S/C35H46O6/c1-21(2)9-8-10-22(3)11-14-26-27(36)16-24(17-28(26)37)13-12-23-15-25-19-31-34(4,5)33(39)29(38)20-35(31,6)41-32(25)30(18-23)40-7/h9,11-13,15-18,29,31,33,36-39H,8,10,14,19-20H2,1-7H3/b13-12+,22-11+/t29-,31-,33-,35-/m1/s1. The number of benzene rings is 2. The van der Waals surface area contributed by atoms with Gasteiger partial charge >= 0.3 is 0 Å². The van der Waals surface area contributed by atoms with E-state index in [1.54, 1.807) is 19.2 Å². The van der Waals surface area contributed by atoms with Gasteiger partial charge in [-0.25, -0.2) is 0 Å². The molecule has 6 nitrogen and oxygen atoms in total. The van der Waals surface area contributed by atoms with E-state index in [1.807, 2.05) is 39.0 Å². The number of aliphatic hydroxyl groups is 2. The summed E-state index contributed by atoms with van der Waals surface area (Å²) in [6.07, 6.45) is 9.77. The molecule has 4 rings (SSSR count). The Kier molecular flexibility index (Phi) is 8.95. The molecular weight excluding hydrogens is 516 g/mol. The highest BCUT2D eigenvalue weighted by Crippen LogP contribution is 2.55. The molecule has 4 N–H and O–H groups in total. The van der Waals surface area contributed by atoms with Crippen molar-refractivity contribution in [3.05, 3.63) is 69.8 Å². The topological polar surface area (TPSA) is 99.4 Å². The molecule has 222 valence electrons. The van der Waals surface area contributed by atoms with Crippen LogP contribution in [0.15, 0.2) is 47.6 Å². The third-order valence-electron chi connectivity index (χ3n) is 8.95. The fraction of sp³-hybridized carbons (Fsp3) is 0.486. The second kappa shape index (κ2) is 11.9. The minimum Gasteiger partial charge on any atom is -0.507 e. The Labute approximate surface area is 244 Å². The van der Waals surface area contributed by atoms with Gasteiger partial charge in [-0.05, 0) is 94.3 Å². The van der Waals surface area contributed by atoms with Crippen LogP contribution in [0, 0.1) is 11.3 Å². The lowest BCUT2D eigenvalue weighted by atomic mass is 9.57. The van der Waals surface area contributed by atoms with Gasteiger partial charge in [0, 0.05) is 23.3 Å². The molecule has 1 aliphatic carbocycles. The highest BCUT2D eigenvalue weighted by molar-refractivity contribution is 5.73. The van der Waals surface area contributed by atoms with Crippen LogP contribution in [0.2, 0.25) is 0 Å². The van der Waals surface area contributed by atoms with E-state index in [4.69, 9.17) is 9.47 Å². The van der Waals surface area contributed by atoms with E-state index < -0.39 is 23.2 Å². The predicted octanol–water partition coefficient (Wildman–Crippen LogP) is 6.97.